The Bertz CT molecular complexity index is 871. The lowest BCUT2D eigenvalue weighted by molar-refractivity contribution is 0.0954. The third kappa shape index (κ3) is 5.70. The molecule has 0 spiro atoms. The van der Waals surface area contributed by atoms with Gasteiger partial charge in [0.05, 0.1) is 24.0 Å². The van der Waals surface area contributed by atoms with Crippen molar-refractivity contribution < 1.29 is 19.0 Å². The molecule has 0 aliphatic carbocycles. The quantitative estimate of drug-likeness (QED) is 0.231. The van der Waals surface area contributed by atoms with Gasteiger partial charge >= 0.3 is 0 Å². The molecule has 8 heteroatoms. The maximum atomic E-state index is 12.2. The first-order chi connectivity index (χ1) is 13.0. The third-order valence-corrected chi connectivity index (χ3v) is 5.00. The first-order valence-electron chi connectivity index (χ1n) is 7.78. The monoisotopic (exact) mass is 544 g/mol. The van der Waals surface area contributed by atoms with Crippen molar-refractivity contribution in [1.29, 1.82) is 0 Å². The molecule has 2 aromatic rings. The van der Waals surface area contributed by atoms with Crippen LogP contribution in [0.1, 0.15) is 15.9 Å². The molecular weight excluding hydrogens is 527 g/mol. The van der Waals surface area contributed by atoms with E-state index in [0.717, 1.165) is 13.6 Å². The maximum absolute atomic E-state index is 12.2. The van der Waals surface area contributed by atoms with Crippen molar-refractivity contribution >= 4 is 50.6 Å². The van der Waals surface area contributed by atoms with E-state index in [-0.39, 0.29) is 5.91 Å². The van der Waals surface area contributed by atoms with Gasteiger partial charge in [-0.1, -0.05) is 12.7 Å². The molecule has 0 bridgehead atoms. The van der Waals surface area contributed by atoms with E-state index < -0.39 is 0 Å². The van der Waals surface area contributed by atoms with Crippen LogP contribution in [0.2, 0.25) is 0 Å². The summed E-state index contributed by atoms with van der Waals surface area (Å²) in [7, 11) is 3.11. The van der Waals surface area contributed by atoms with Gasteiger partial charge in [-0.05, 0) is 68.9 Å². The molecule has 0 saturated carbocycles. The van der Waals surface area contributed by atoms with Crippen LogP contribution in [-0.2, 0) is 0 Å². The summed E-state index contributed by atoms with van der Waals surface area (Å²) in [6.45, 7) is 3.99. The minimum absolute atomic E-state index is 0.338. The van der Waals surface area contributed by atoms with Gasteiger partial charge < -0.3 is 14.2 Å². The van der Waals surface area contributed by atoms with E-state index in [1.54, 1.807) is 50.6 Å². The van der Waals surface area contributed by atoms with Gasteiger partial charge in [0.2, 0.25) is 0 Å². The summed E-state index contributed by atoms with van der Waals surface area (Å²) in [5, 5.41) is 4.01. The van der Waals surface area contributed by atoms with E-state index in [1.165, 1.54) is 6.21 Å². The van der Waals surface area contributed by atoms with Crippen LogP contribution in [0.5, 0.6) is 17.2 Å². The molecule has 0 aromatic heterocycles. The van der Waals surface area contributed by atoms with Gasteiger partial charge in [0, 0.05) is 15.6 Å². The lowest BCUT2D eigenvalue weighted by atomic mass is 10.2. The van der Waals surface area contributed by atoms with Crippen molar-refractivity contribution in [3.05, 3.63) is 62.2 Å². The molecule has 0 fully saturated rings. The zero-order chi connectivity index (χ0) is 19.8. The average molecular weight is 545 g/mol. The number of methoxy groups -OCH3 is 2. The third-order valence-electron chi connectivity index (χ3n) is 3.42. The first-order valence-corrected chi connectivity index (χ1v) is 9.65. The van der Waals surface area contributed by atoms with Gasteiger partial charge in [-0.3, -0.25) is 4.79 Å². The minimum atomic E-state index is -0.338. The van der Waals surface area contributed by atoms with Gasteiger partial charge in [0.25, 0.3) is 5.91 Å². The van der Waals surface area contributed by atoms with E-state index in [2.05, 4.69) is 55.6 Å². The number of benzene rings is 2. The number of hydrazone groups is 1. The zero-order valence-electron chi connectivity index (χ0n) is 14.8. The van der Waals surface area contributed by atoms with Crippen LogP contribution >= 0.6 is 38.5 Å². The second-order valence-corrected chi connectivity index (χ2v) is 7.19. The van der Waals surface area contributed by atoms with Crippen molar-refractivity contribution in [3.8, 4) is 17.2 Å². The molecule has 0 radical (unpaired) electrons. The normalized spacial score (nSPS) is 10.5. The molecule has 0 aliphatic rings. The average Bonchev–Trinajstić information content (AvgIpc) is 2.67. The van der Waals surface area contributed by atoms with Crippen molar-refractivity contribution in [2.24, 2.45) is 5.10 Å². The fraction of sp³-hybridized carbons (Fsp3) is 0.158. The number of nitrogens with one attached hydrogen (secondary N) is 1. The summed E-state index contributed by atoms with van der Waals surface area (Å²) < 4.78 is 17.8. The summed E-state index contributed by atoms with van der Waals surface area (Å²) in [5.74, 6) is 1.43. The number of ether oxygens (including phenoxy) is 3. The molecule has 1 amide bonds. The van der Waals surface area contributed by atoms with Gasteiger partial charge in [0.15, 0.2) is 11.5 Å². The molecule has 0 heterocycles. The van der Waals surface area contributed by atoms with Crippen LogP contribution in [0.25, 0.3) is 0 Å². The Morgan fingerprint density at radius 2 is 1.96 bits per heavy atom. The smallest absolute Gasteiger partial charge is 0.271 e. The molecule has 0 saturated heterocycles. The van der Waals surface area contributed by atoms with Gasteiger partial charge in [-0.15, -0.1) is 0 Å². The van der Waals surface area contributed by atoms with Crippen LogP contribution in [0.4, 0.5) is 0 Å². The Balaban J connectivity index is 2.13. The lowest BCUT2D eigenvalue weighted by Gasteiger charge is -2.11. The number of rotatable bonds is 8. The second-order valence-electron chi connectivity index (χ2n) is 5.17. The highest BCUT2D eigenvalue weighted by atomic mass is 127. The number of hydrogen-bond acceptors (Lipinski definition) is 5. The topological polar surface area (TPSA) is 69.2 Å². The molecule has 0 unspecified atom stereocenters. The molecule has 2 rings (SSSR count). The number of hydrogen-bond donors (Lipinski definition) is 1. The number of carbonyl (C=O) groups excluding carboxylic acids is 1. The highest BCUT2D eigenvalue weighted by Crippen LogP contribution is 2.33. The summed E-state index contributed by atoms with van der Waals surface area (Å²) in [5.41, 5.74) is 3.67. The SMILES string of the molecule is C=CCOc1cc(Br)c(/C=N\NC(=O)c2ccc(I)c(OC)c2)cc1OC. The van der Waals surface area contributed by atoms with Crippen molar-refractivity contribution in [1.82, 2.24) is 5.43 Å². The van der Waals surface area contributed by atoms with Crippen molar-refractivity contribution in [2.45, 2.75) is 0 Å². The number of nitrogens with zero attached hydrogens (tertiary/aromatic N) is 1. The van der Waals surface area contributed by atoms with Crippen LogP contribution in [0, 0.1) is 3.57 Å². The predicted octanol–water partition coefficient (Wildman–Crippen LogP) is 4.40. The lowest BCUT2D eigenvalue weighted by Crippen LogP contribution is -2.17. The van der Waals surface area contributed by atoms with E-state index in [1.807, 2.05) is 0 Å². The summed E-state index contributed by atoms with van der Waals surface area (Å²) >= 11 is 5.60. The highest BCUT2D eigenvalue weighted by Gasteiger charge is 2.10. The summed E-state index contributed by atoms with van der Waals surface area (Å²) in [6, 6.07) is 8.71. The molecule has 27 heavy (non-hydrogen) atoms. The molecular formula is C19H18BrIN2O4. The highest BCUT2D eigenvalue weighted by molar-refractivity contribution is 14.1. The number of halogens is 2. The van der Waals surface area contributed by atoms with E-state index in [4.69, 9.17) is 14.2 Å². The molecule has 6 nitrogen and oxygen atoms in total. The van der Waals surface area contributed by atoms with E-state index in [0.29, 0.717) is 29.4 Å². The van der Waals surface area contributed by atoms with Gasteiger partial charge in [-0.2, -0.15) is 5.10 Å². The fourth-order valence-corrected chi connectivity index (χ4v) is 3.08. The molecule has 0 atom stereocenters. The Hall–Kier alpha value is -2.07. The Morgan fingerprint density at radius 3 is 2.63 bits per heavy atom. The molecule has 1 N–H and O–H groups in total. The molecule has 142 valence electrons. The minimum Gasteiger partial charge on any atom is -0.496 e. The summed E-state index contributed by atoms with van der Waals surface area (Å²) in [4.78, 5) is 12.2. The Morgan fingerprint density at radius 1 is 1.22 bits per heavy atom. The van der Waals surface area contributed by atoms with Crippen LogP contribution in [0.15, 0.2) is 52.6 Å². The van der Waals surface area contributed by atoms with Crippen molar-refractivity contribution in [3.63, 3.8) is 0 Å². The van der Waals surface area contributed by atoms with Gasteiger partial charge in [0.1, 0.15) is 12.4 Å². The fourth-order valence-electron chi connectivity index (χ4n) is 2.10. The largest absolute Gasteiger partial charge is 0.496 e. The second kappa shape index (κ2) is 10.3. The first kappa shape index (κ1) is 21.2. The standard InChI is InChI=1S/C19H18BrIN2O4/c1-4-7-27-18-10-14(20)13(9-17(18)26-3)11-22-23-19(24)12-5-6-15(21)16(8-12)25-2/h4-6,8-11H,1,7H2,2-3H3,(H,23,24)/b22-11-. The predicted molar refractivity (Wildman–Crippen MR) is 117 cm³/mol. The van der Waals surface area contributed by atoms with E-state index >= 15 is 0 Å². The van der Waals surface area contributed by atoms with Crippen molar-refractivity contribution in [2.75, 3.05) is 20.8 Å². The Kier molecular flexibility index (Phi) is 8.11. The molecule has 0 aliphatic heterocycles. The Labute approximate surface area is 179 Å². The molecule has 2 aromatic carbocycles. The number of carbonyl (C=O) groups is 1. The van der Waals surface area contributed by atoms with Crippen LogP contribution in [0.3, 0.4) is 0 Å². The summed E-state index contributed by atoms with van der Waals surface area (Å²) in [6.07, 6.45) is 3.17. The van der Waals surface area contributed by atoms with Crippen LogP contribution < -0.4 is 19.6 Å². The van der Waals surface area contributed by atoms with Crippen LogP contribution in [-0.4, -0.2) is 32.9 Å². The number of amides is 1. The zero-order valence-corrected chi connectivity index (χ0v) is 18.5. The van der Waals surface area contributed by atoms with E-state index in [9.17, 15) is 4.79 Å². The van der Waals surface area contributed by atoms with Gasteiger partial charge in [-0.25, -0.2) is 5.43 Å². The maximum Gasteiger partial charge on any atom is 0.271 e.